The van der Waals surface area contributed by atoms with E-state index in [1.165, 1.54) is 5.94 Å². The standard InChI is InChI=1S/C9H12O5/c1-3-5-8(11)13-14-9(12)7(4-2)6-10/h3-5H2,1-2H3. The zero-order valence-electron chi connectivity index (χ0n) is 8.16. The van der Waals surface area contributed by atoms with E-state index in [1.54, 1.807) is 13.8 Å². The largest absolute Gasteiger partial charge is 0.393 e. The van der Waals surface area contributed by atoms with Crippen molar-refractivity contribution < 1.29 is 24.2 Å². The van der Waals surface area contributed by atoms with E-state index in [4.69, 9.17) is 0 Å². The summed E-state index contributed by atoms with van der Waals surface area (Å²) in [7, 11) is 0. The molecule has 78 valence electrons. The molecule has 5 heteroatoms. The van der Waals surface area contributed by atoms with E-state index in [2.05, 4.69) is 9.78 Å². The van der Waals surface area contributed by atoms with Gasteiger partial charge in [-0.3, -0.25) is 0 Å². The Morgan fingerprint density at radius 3 is 2.29 bits per heavy atom. The highest BCUT2D eigenvalue weighted by atomic mass is 17.2. The molecule has 0 aromatic rings. The minimum Gasteiger partial charge on any atom is -0.247 e. The average molecular weight is 200 g/mol. The SMILES string of the molecule is CCCC(=O)OOC(=O)C(=C=O)CC. The highest BCUT2D eigenvalue weighted by Crippen LogP contribution is 2.00. The molecule has 0 aliphatic rings. The maximum atomic E-state index is 10.9. The third-order valence-electron chi connectivity index (χ3n) is 1.39. The first-order valence-corrected chi connectivity index (χ1v) is 4.31. The van der Waals surface area contributed by atoms with Crippen molar-refractivity contribution >= 4 is 17.9 Å². The van der Waals surface area contributed by atoms with Gasteiger partial charge < -0.3 is 0 Å². The minimum absolute atomic E-state index is 0.166. The Hall–Kier alpha value is -1.61. The Morgan fingerprint density at radius 1 is 1.21 bits per heavy atom. The Balaban J connectivity index is 3.96. The maximum absolute atomic E-state index is 10.9. The van der Waals surface area contributed by atoms with Gasteiger partial charge in [0, 0.05) is 6.42 Å². The van der Waals surface area contributed by atoms with Crippen LogP contribution in [0.25, 0.3) is 0 Å². The first kappa shape index (κ1) is 12.4. The summed E-state index contributed by atoms with van der Waals surface area (Å²) < 4.78 is 0. The van der Waals surface area contributed by atoms with Crippen LogP contribution >= 0.6 is 0 Å². The van der Waals surface area contributed by atoms with Gasteiger partial charge in [-0.05, 0) is 12.8 Å². The fourth-order valence-corrected chi connectivity index (χ4v) is 0.639. The van der Waals surface area contributed by atoms with Crippen LogP contribution in [0.2, 0.25) is 0 Å². The summed E-state index contributed by atoms with van der Waals surface area (Å²) in [5, 5.41) is 0. The topological polar surface area (TPSA) is 69.7 Å². The second kappa shape index (κ2) is 6.86. The van der Waals surface area contributed by atoms with Gasteiger partial charge in [0.1, 0.15) is 11.5 Å². The molecule has 0 heterocycles. The van der Waals surface area contributed by atoms with E-state index >= 15 is 0 Å². The predicted molar refractivity (Wildman–Crippen MR) is 46.6 cm³/mol. The molecule has 0 fully saturated rings. The number of rotatable bonds is 4. The van der Waals surface area contributed by atoms with Crippen molar-refractivity contribution in [1.29, 1.82) is 0 Å². The molecule has 0 aromatic heterocycles. The molecular formula is C9H12O5. The van der Waals surface area contributed by atoms with Crippen molar-refractivity contribution in [3.8, 4) is 0 Å². The third kappa shape index (κ3) is 4.42. The average Bonchev–Trinajstić information content (AvgIpc) is 2.17. The fraction of sp³-hybridized carbons (Fsp3) is 0.556. The molecule has 0 spiro atoms. The summed E-state index contributed by atoms with van der Waals surface area (Å²) in [6.07, 6.45) is 0.952. The molecule has 0 N–H and O–H groups in total. The zero-order chi connectivity index (χ0) is 11.0. The van der Waals surface area contributed by atoms with Gasteiger partial charge in [0.25, 0.3) is 0 Å². The summed E-state index contributed by atoms with van der Waals surface area (Å²) >= 11 is 0. The maximum Gasteiger partial charge on any atom is 0.393 e. The molecular weight excluding hydrogens is 188 g/mol. The molecule has 0 aromatic carbocycles. The lowest BCUT2D eigenvalue weighted by atomic mass is 10.2. The monoisotopic (exact) mass is 200 g/mol. The van der Waals surface area contributed by atoms with Crippen molar-refractivity contribution in [1.82, 2.24) is 0 Å². The van der Waals surface area contributed by atoms with Gasteiger partial charge in [-0.2, -0.15) is 0 Å². The van der Waals surface area contributed by atoms with Gasteiger partial charge in [-0.1, -0.05) is 13.8 Å². The van der Waals surface area contributed by atoms with Crippen LogP contribution in [0.4, 0.5) is 0 Å². The third-order valence-corrected chi connectivity index (χ3v) is 1.39. The van der Waals surface area contributed by atoms with E-state index in [-0.39, 0.29) is 18.4 Å². The number of carbonyl (C=O) groups is 2. The number of hydrogen-bond donors (Lipinski definition) is 0. The molecule has 14 heavy (non-hydrogen) atoms. The van der Waals surface area contributed by atoms with Crippen LogP contribution in [-0.4, -0.2) is 17.9 Å². The molecule has 5 nitrogen and oxygen atoms in total. The van der Waals surface area contributed by atoms with E-state index in [1.807, 2.05) is 0 Å². The number of carbonyl (C=O) groups excluding carboxylic acids is 3. The molecule has 0 radical (unpaired) electrons. The highest BCUT2D eigenvalue weighted by Gasteiger charge is 2.13. The lowest BCUT2D eigenvalue weighted by molar-refractivity contribution is -0.255. The smallest absolute Gasteiger partial charge is 0.247 e. The quantitative estimate of drug-likeness (QED) is 0.292. The van der Waals surface area contributed by atoms with Gasteiger partial charge in [0.05, 0.1) is 0 Å². The summed E-state index contributed by atoms with van der Waals surface area (Å²) in [6.45, 7) is 3.38. The van der Waals surface area contributed by atoms with Crippen molar-refractivity contribution in [2.45, 2.75) is 33.1 Å². The molecule has 0 saturated heterocycles. The Bertz CT molecular complexity index is 262. The fourth-order valence-electron chi connectivity index (χ4n) is 0.639. The summed E-state index contributed by atoms with van der Waals surface area (Å²) in [5.74, 6) is -0.195. The summed E-state index contributed by atoms with van der Waals surface area (Å²) in [6, 6.07) is 0. The Morgan fingerprint density at radius 2 is 1.86 bits per heavy atom. The van der Waals surface area contributed by atoms with Gasteiger partial charge in [-0.15, -0.1) is 0 Å². The first-order valence-electron chi connectivity index (χ1n) is 4.31. The highest BCUT2D eigenvalue weighted by molar-refractivity contribution is 5.96. The van der Waals surface area contributed by atoms with Crippen LogP contribution in [0, 0.1) is 0 Å². The van der Waals surface area contributed by atoms with Crippen LogP contribution < -0.4 is 0 Å². The Labute approximate surface area is 81.6 Å². The Kier molecular flexibility index (Phi) is 6.07. The second-order valence-electron chi connectivity index (χ2n) is 2.51. The van der Waals surface area contributed by atoms with Crippen LogP contribution in [-0.2, 0) is 24.2 Å². The lowest BCUT2D eigenvalue weighted by Crippen LogP contribution is -2.12. The van der Waals surface area contributed by atoms with E-state index in [9.17, 15) is 14.4 Å². The molecule has 0 saturated carbocycles. The lowest BCUT2D eigenvalue weighted by Gasteiger charge is -2.01. The summed E-state index contributed by atoms with van der Waals surface area (Å²) in [4.78, 5) is 40.1. The van der Waals surface area contributed by atoms with Crippen LogP contribution in [0.1, 0.15) is 33.1 Å². The predicted octanol–water partition coefficient (Wildman–Crippen LogP) is 0.956. The van der Waals surface area contributed by atoms with E-state index in [0.29, 0.717) is 6.42 Å². The van der Waals surface area contributed by atoms with E-state index in [0.717, 1.165) is 0 Å². The van der Waals surface area contributed by atoms with Crippen molar-refractivity contribution in [3.63, 3.8) is 0 Å². The molecule has 0 atom stereocenters. The summed E-state index contributed by atoms with van der Waals surface area (Å²) in [5.41, 5.74) is -0.186. The van der Waals surface area contributed by atoms with Crippen LogP contribution in [0.5, 0.6) is 0 Å². The molecule has 0 unspecified atom stereocenters. The van der Waals surface area contributed by atoms with Gasteiger partial charge in [0.2, 0.25) is 0 Å². The van der Waals surface area contributed by atoms with Crippen LogP contribution in [0.3, 0.4) is 0 Å². The molecule has 0 aliphatic carbocycles. The minimum atomic E-state index is -0.966. The molecule has 0 bridgehead atoms. The van der Waals surface area contributed by atoms with Gasteiger partial charge in [-0.25, -0.2) is 24.2 Å². The molecule has 0 rings (SSSR count). The number of hydrogen-bond acceptors (Lipinski definition) is 5. The van der Waals surface area contributed by atoms with Crippen molar-refractivity contribution in [3.05, 3.63) is 5.57 Å². The molecule has 0 amide bonds. The van der Waals surface area contributed by atoms with E-state index < -0.39 is 11.9 Å². The van der Waals surface area contributed by atoms with Gasteiger partial charge >= 0.3 is 11.9 Å². The zero-order valence-corrected chi connectivity index (χ0v) is 8.16. The first-order chi connectivity index (χ1) is 6.65. The molecule has 0 aliphatic heterocycles. The van der Waals surface area contributed by atoms with Crippen molar-refractivity contribution in [2.24, 2.45) is 0 Å². The normalized spacial score (nSPS) is 8.71. The van der Waals surface area contributed by atoms with Crippen molar-refractivity contribution in [2.75, 3.05) is 0 Å². The van der Waals surface area contributed by atoms with Gasteiger partial charge in [0.15, 0.2) is 0 Å². The van der Waals surface area contributed by atoms with Crippen LogP contribution in [0.15, 0.2) is 5.57 Å². The second-order valence-corrected chi connectivity index (χ2v) is 2.51.